The van der Waals surface area contributed by atoms with Crippen molar-refractivity contribution in [1.29, 1.82) is 0 Å². The van der Waals surface area contributed by atoms with Gasteiger partial charge in [-0.15, -0.1) is 0 Å². The third-order valence-electron chi connectivity index (χ3n) is 1.80. The van der Waals surface area contributed by atoms with Gasteiger partial charge in [0.15, 0.2) is 0 Å². The average Bonchev–Trinajstić information content (AvgIpc) is 2.07. The molecule has 66 valence electrons. The van der Waals surface area contributed by atoms with E-state index in [0.717, 1.165) is 18.7 Å². The van der Waals surface area contributed by atoms with Crippen molar-refractivity contribution >= 4 is 0 Å². The Bertz CT molecular complexity index is 258. The van der Waals surface area contributed by atoms with Gasteiger partial charge >= 0.3 is 0 Å². The van der Waals surface area contributed by atoms with E-state index in [4.69, 9.17) is 0 Å². The first-order valence-electron chi connectivity index (χ1n) is 4.19. The van der Waals surface area contributed by atoms with Crippen LogP contribution in [0.2, 0.25) is 0 Å². The minimum absolute atomic E-state index is 0.129. The predicted molar refractivity (Wildman–Crippen MR) is 48.5 cm³/mol. The molecule has 0 saturated carbocycles. The van der Waals surface area contributed by atoms with Gasteiger partial charge in [0.25, 0.3) is 0 Å². The summed E-state index contributed by atoms with van der Waals surface area (Å²) in [5, 5.41) is 3.19. The highest BCUT2D eigenvalue weighted by Gasteiger charge is 1.97. The van der Waals surface area contributed by atoms with E-state index in [0.29, 0.717) is 5.56 Å². The Morgan fingerprint density at radius 2 is 2.17 bits per heavy atom. The van der Waals surface area contributed by atoms with Gasteiger partial charge in [0, 0.05) is 6.54 Å². The molecule has 1 aromatic carbocycles. The number of nitrogens with one attached hydrogen (secondary N) is 1. The summed E-state index contributed by atoms with van der Waals surface area (Å²) in [4.78, 5) is 0. The lowest BCUT2D eigenvalue weighted by atomic mass is 10.1. The van der Waals surface area contributed by atoms with Gasteiger partial charge in [0.2, 0.25) is 0 Å². The second-order valence-corrected chi connectivity index (χ2v) is 2.86. The molecule has 0 aromatic heterocycles. The van der Waals surface area contributed by atoms with Crippen molar-refractivity contribution in [3.8, 4) is 0 Å². The summed E-state index contributed by atoms with van der Waals surface area (Å²) in [7, 11) is 0. The van der Waals surface area contributed by atoms with Crippen molar-refractivity contribution in [1.82, 2.24) is 5.32 Å². The standard InChI is InChI=1S/C10H14FN/c1-3-12-7-9-4-5-10(11)8(2)6-9/h4-6,12H,3,7H2,1-2H3. The van der Waals surface area contributed by atoms with Gasteiger partial charge in [0.05, 0.1) is 0 Å². The summed E-state index contributed by atoms with van der Waals surface area (Å²) in [5.74, 6) is -0.129. The average molecular weight is 167 g/mol. The summed E-state index contributed by atoms with van der Waals surface area (Å²) >= 11 is 0. The molecule has 1 aromatic rings. The minimum Gasteiger partial charge on any atom is -0.313 e. The van der Waals surface area contributed by atoms with Gasteiger partial charge in [-0.2, -0.15) is 0 Å². The fraction of sp³-hybridized carbons (Fsp3) is 0.400. The van der Waals surface area contributed by atoms with E-state index >= 15 is 0 Å². The highest BCUT2D eigenvalue weighted by atomic mass is 19.1. The molecule has 2 heteroatoms. The van der Waals surface area contributed by atoms with E-state index in [1.54, 1.807) is 6.92 Å². The molecule has 1 nitrogen and oxygen atoms in total. The lowest BCUT2D eigenvalue weighted by Gasteiger charge is -2.03. The molecule has 0 radical (unpaired) electrons. The van der Waals surface area contributed by atoms with Crippen LogP contribution in [0.15, 0.2) is 18.2 Å². The lowest BCUT2D eigenvalue weighted by Crippen LogP contribution is -2.11. The van der Waals surface area contributed by atoms with E-state index in [2.05, 4.69) is 12.2 Å². The van der Waals surface area contributed by atoms with Crippen LogP contribution in [-0.2, 0) is 6.54 Å². The molecule has 0 heterocycles. The maximum Gasteiger partial charge on any atom is 0.126 e. The van der Waals surface area contributed by atoms with E-state index in [9.17, 15) is 4.39 Å². The number of aryl methyl sites for hydroxylation is 1. The largest absolute Gasteiger partial charge is 0.313 e. The van der Waals surface area contributed by atoms with E-state index in [1.807, 2.05) is 12.1 Å². The number of halogens is 1. The van der Waals surface area contributed by atoms with Gasteiger partial charge in [-0.1, -0.05) is 19.1 Å². The van der Waals surface area contributed by atoms with Crippen molar-refractivity contribution in [3.63, 3.8) is 0 Å². The summed E-state index contributed by atoms with van der Waals surface area (Å²) in [6.07, 6.45) is 0. The normalized spacial score (nSPS) is 10.2. The van der Waals surface area contributed by atoms with Gasteiger partial charge < -0.3 is 5.32 Å². The van der Waals surface area contributed by atoms with Crippen molar-refractivity contribution in [3.05, 3.63) is 35.1 Å². The van der Waals surface area contributed by atoms with Gasteiger partial charge in [-0.05, 0) is 30.7 Å². The zero-order valence-electron chi connectivity index (χ0n) is 7.52. The first-order valence-corrected chi connectivity index (χ1v) is 4.19. The maximum absolute atomic E-state index is 12.8. The maximum atomic E-state index is 12.8. The Labute approximate surface area is 72.6 Å². The molecule has 0 saturated heterocycles. The third-order valence-corrected chi connectivity index (χ3v) is 1.80. The SMILES string of the molecule is CCNCc1ccc(F)c(C)c1. The summed E-state index contributed by atoms with van der Waals surface area (Å²) in [6, 6.07) is 5.20. The summed E-state index contributed by atoms with van der Waals surface area (Å²) in [5.41, 5.74) is 1.85. The second kappa shape index (κ2) is 4.21. The number of rotatable bonds is 3. The number of hydrogen-bond donors (Lipinski definition) is 1. The van der Waals surface area contributed by atoms with Crippen LogP contribution in [0, 0.1) is 12.7 Å². The molecular formula is C10H14FN. The minimum atomic E-state index is -0.129. The molecule has 1 N–H and O–H groups in total. The fourth-order valence-electron chi connectivity index (χ4n) is 1.09. The molecule has 0 aliphatic carbocycles. The summed E-state index contributed by atoms with van der Waals surface area (Å²) < 4.78 is 12.8. The highest BCUT2D eigenvalue weighted by Crippen LogP contribution is 2.08. The monoisotopic (exact) mass is 167 g/mol. The molecule has 0 fully saturated rings. The predicted octanol–water partition coefficient (Wildman–Crippen LogP) is 2.24. The molecule has 0 amide bonds. The van der Waals surface area contributed by atoms with Crippen LogP contribution in [0.25, 0.3) is 0 Å². The van der Waals surface area contributed by atoms with Crippen molar-refractivity contribution < 1.29 is 4.39 Å². The van der Waals surface area contributed by atoms with Crippen LogP contribution in [0.1, 0.15) is 18.1 Å². The molecular weight excluding hydrogens is 153 g/mol. The molecule has 0 aliphatic rings. The Hall–Kier alpha value is -0.890. The molecule has 0 aliphatic heterocycles. The van der Waals surface area contributed by atoms with Crippen molar-refractivity contribution in [2.45, 2.75) is 20.4 Å². The Balaban J connectivity index is 2.69. The lowest BCUT2D eigenvalue weighted by molar-refractivity contribution is 0.616. The van der Waals surface area contributed by atoms with Crippen LogP contribution in [0.4, 0.5) is 4.39 Å². The molecule has 0 unspecified atom stereocenters. The van der Waals surface area contributed by atoms with Crippen LogP contribution < -0.4 is 5.32 Å². The zero-order valence-corrected chi connectivity index (χ0v) is 7.52. The fourth-order valence-corrected chi connectivity index (χ4v) is 1.09. The van der Waals surface area contributed by atoms with Crippen LogP contribution in [0.5, 0.6) is 0 Å². The van der Waals surface area contributed by atoms with Gasteiger partial charge in [-0.25, -0.2) is 4.39 Å². The van der Waals surface area contributed by atoms with Crippen LogP contribution >= 0.6 is 0 Å². The zero-order chi connectivity index (χ0) is 8.97. The quantitative estimate of drug-likeness (QED) is 0.728. The molecule has 12 heavy (non-hydrogen) atoms. The second-order valence-electron chi connectivity index (χ2n) is 2.86. The topological polar surface area (TPSA) is 12.0 Å². The van der Waals surface area contributed by atoms with Gasteiger partial charge in [0.1, 0.15) is 5.82 Å². The molecule has 0 bridgehead atoms. The summed E-state index contributed by atoms with van der Waals surface area (Å²) in [6.45, 7) is 5.59. The highest BCUT2D eigenvalue weighted by molar-refractivity contribution is 5.23. The molecule has 1 rings (SSSR count). The van der Waals surface area contributed by atoms with Crippen LogP contribution in [-0.4, -0.2) is 6.54 Å². The number of hydrogen-bond acceptors (Lipinski definition) is 1. The first kappa shape index (κ1) is 9.20. The Kier molecular flexibility index (Phi) is 3.23. The van der Waals surface area contributed by atoms with Crippen molar-refractivity contribution in [2.24, 2.45) is 0 Å². The van der Waals surface area contributed by atoms with E-state index in [1.165, 1.54) is 6.07 Å². The van der Waals surface area contributed by atoms with Gasteiger partial charge in [-0.3, -0.25) is 0 Å². The van der Waals surface area contributed by atoms with Crippen LogP contribution in [0.3, 0.4) is 0 Å². The Morgan fingerprint density at radius 1 is 1.42 bits per heavy atom. The molecule has 0 spiro atoms. The number of benzene rings is 1. The Morgan fingerprint density at radius 3 is 2.75 bits per heavy atom. The smallest absolute Gasteiger partial charge is 0.126 e. The van der Waals surface area contributed by atoms with E-state index in [-0.39, 0.29) is 5.82 Å². The molecule has 0 atom stereocenters. The van der Waals surface area contributed by atoms with Crippen molar-refractivity contribution in [2.75, 3.05) is 6.54 Å². The van der Waals surface area contributed by atoms with E-state index < -0.39 is 0 Å². The first-order chi connectivity index (χ1) is 5.74. The third kappa shape index (κ3) is 2.31.